The van der Waals surface area contributed by atoms with Gasteiger partial charge >= 0.3 is 0 Å². The molecule has 0 aliphatic heterocycles. The molecule has 3 nitrogen and oxygen atoms in total. The van der Waals surface area contributed by atoms with Crippen LogP contribution in [-0.4, -0.2) is 16.6 Å². The van der Waals surface area contributed by atoms with Crippen molar-refractivity contribution in [3.05, 3.63) is 70.9 Å². The van der Waals surface area contributed by atoms with E-state index < -0.39 is 0 Å². The van der Waals surface area contributed by atoms with E-state index in [1.165, 1.54) is 0 Å². The molecule has 0 saturated heterocycles. The summed E-state index contributed by atoms with van der Waals surface area (Å²) >= 11 is 0. The Kier molecular flexibility index (Phi) is 2.18. The maximum atomic E-state index is 12.8. The van der Waals surface area contributed by atoms with E-state index in [-0.39, 0.29) is 18.0 Å². The SMILES string of the molecule is O=C1Cc2ccccc2C(=O)c2c1[nH]c1ccccc21. The third-order valence-corrected chi connectivity index (χ3v) is 3.82. The van der Waals surface area contributed by atoms with E-state index in [2.05, 4.69) is 4.98 Å². The van der Waals surface area contributed by atoms with Crippen LogP contribution in [0.25, 0.3) is 10.9 Å². The average molecular weight is 261 g/mol. The number of carbonyl (C=O) groups is 2. The zero-order chi connectivity index (χ0) is 13.7. The van der Waals surface area contributed by atoms with Crippen LogP contribution in [0, 0.1) is 0 Å². The van der Waals surface area contributed by atoms with Gasteiger partial charge in [-0.3, -0.25) is 9.59 Å². The maximum absolute atomic E-state index is 12.8. The number of H-pyrrole nitrogens is 1. The number of aromatic amines is 1. The second-order valence-corrected chi connectivity index (χ2v) is 5.01. The maximum Gasteiger partial charge on any atom is 0.196 e. The average Bonchev–Trinajstić information content (AvgIpc) is 2.82. The fraction of sp³-hybridized carbons (Fsp3) is 0.0588. The summed E-state index contributed by atoms with van der Waals surface area (Å²) in [6.07, 6.45) is 0.266. The predicted molar refractivity (Wildman–Crippen MR) is 76.2 cm³/mol. The summed E-state index contributed by atoms with van der Waals surface area (Å²) in [5, 5.41) is 0.817. The molecule has 0 atom stereocenters. The highest BCUT2D eigenvalue weighted by molar-refractivity contribution is 6.24. The van der Waals surface area contributed by atoms with Crippen LogP contribution in [-0.2, 0) is 6.42 Å². The molecule has 0 radical (unpaired) electrons. The van der Waals surface area contributed by atoms with Gasteiger partial charge in [-0.05, 0) is 11.6 Å². The lowest BCUT2D eigenvalue weighted by atomic mass is 9.99. The molecule has 0 unspecified atom stereocenters. The summed E-state index contributed by atoms with van der Waals surface area (Å²) in [7, 11) is 0. The first-order valence-electron chi connectivity index (χ1n) is 6.52. The third-order valence-electron chi connectivity index (χ3n) is 3.82. The molecule has 0 bridgehead atoms. The second-order valence-electron chi connectivity index (χ2n) is 5.01. The highest BCUT2D eigenvalue weighted by Gasteiger charge is 2.29. The van der Waals surface area contributed by atoms with Gasteiger partial charge in [0, 0.05) is 22.9 Å². The van der Waals surface area contributed by atoms with Crippen LogP contribution in [0.2, 0.25) is 0 Å². The number of para-hydroxylation sites is 1. The molecule has 1 aliphatic carbocycles. The molecule has 0 saturated carbocycles. The molecule has 20 heavy (non-hydrogen) atoms. The van der Waals surface area contributed by atoms with Crippen molar-refractivity contribution >= 4 is 22.5 Å². The van der Waals surface area contributed by atoms with Gasteiger partial charge in [-0.1, -0.05) is 42.5 Å². The first-order chi connectivity index (χ1) is 9.75. The molecule has 1 aromatic heterocycles. The molecular weight excluding hydrogens is 250 g/mol. The van der Waals surface area contributed by atoms with Crippen molar-refractivity contribution < 1.29 is 9.59 Å². The van der Waals surface area contributed by atoms with E-state index in [0.29, 0.717) is 16.8 Å². The molecular formula is C17H11NO2. The molecule has 1 heterocycles. The summed E-state index contributed by atoms with van der Waals surface area (Å²) < 4.78 is 0. The summed E-state index contributed by atoms with van der Waals surface area (Å²) in [6, 6.07) is 14.9. The van der Waals surface area contributed by atoms with Crippen molar-refractivity contribution in [1.29, 1.82) is 0 Å². The van der Waals surface area contributed by atoms with Gasteiger partial charge in [0.25, 0.3) is 0 Å². The Balaban J connectivity index is 2.10. The molecule has 0 spiro atoms. The van der Waals surface area contributed by atoms with Crippen molar-refractivity contribution in [2.75, 3.05) is 0 Å². The lowest BCUT2D eigenvalue weighted by Gasteiger charge is -2.03. The number of hydrogen-bond donors (Lipinski definition) is 1. The number of rotatable bonds is 0. The van der Waals surface area contributed by atoms with Crippen molar-refractivity contribution in [3.8, 4) is 0 Å². The minimum Gasteiger partial charge on any atom is -0.351 e. The second kappa shape index (κ2) is 3.90. The zero-order valence-electron chi connectivity index (χ0n) is 10.6. The molecule has 0 amide bonds. The summed E-state index contributed by atoms with van der Waals surface area (Å²) in [5.41, 5.74) is 3.21. The Morgan fingerprint density at radius 2 is 1.65 bits per heavy atom. The number of nitrogens with one attached hydrogen (secondary N) is 1. The summed E-state index contributed by atoms with van der Waals surface area (Å²) in [5.74, 6) is -0.103. The van der Waals surface area contributed by atoms with Crippen molar-refractivity contribution in [3.63, 3.8) is 0 Å². The number of fused-ring (bicyclic) bond motifs is 4. The number of Topliss-reactive ketones (excluding diaryl/α,β-unsaturated/α-hetero) is 1. The van der Waals surface area contributed by atoms with Gasteiger partial charge in [-0.15, -0.1) is 0 Å². The Bertz CT molecular complexity index is 874. The summed E-state index contributed by atoms with van der Waals surface area (Å²) in [4.78, 5) is 28.3. The molecule has 1 aliphatic rings. The summed E-state index contributed by atoms with van der Waals surface area (Å²) in [6.45, 7) is 0. The Hall–Kier alpha value is -2.68. The number of hydrogen-bond acceptors (Lipinski definition) is 2. The topological polar surface area (TPSA) is 49.9 Å². The number of carbonyl (C=O) groups excluding carboxylic acids is 2. The van der Waals surface area contributed by atoms with Crippen LogP contribution in [0.5, 0.6) is 0 Å². The van der Waals surface area contributed by atoms with E-state index in [1.54, 1.807) is 6.07 Å². The van der Waals surface area contributed by atoms with Gasteiger partial charge in [0.05, 0.1) is 11.3 Å². The van der Waals surface area contributed by atoms with E-state index in [9.17, 15) is 9.59 Å². The number of ketones is 2. The van der Waals surface area contributed by atoms with E-state index in [4.69, 9.17) is 0 Å². The largest absolute Gasteiger partial charge is 0.351 e. The lowest BCUT2D eigenvalue weighted by molar-refractivity contribution is 0.0981. The van der Waals surface area contributed by atoms with Crippen LogP contribution in [0.4, 0.5) is 0 Å². The van der Waals surface area contributed by atoms with Crippen LogP contribution in [0.1, 0.15) is 32.0 Å². The lowest BCUT2D eigenvalue weighted by Crippen LogP contribution is -2.04. The van der Waals surface area contributed by atoms with E-state index >= 15 is 0 Å². The minimum absolute atomic E-state index is 0.0329. The van der Waals surface area contributed by atoms with Crippen LogP contribution >= 0.6 is 0 Å². The van der Waals surface area contributed by atoms with Gasteiger partial charge in [-0.2, -0.15) is 0 Å². The quantitative estimate of drug-likeness (QED) is 0.676. The number of aromatic nitrogens is 1. The van der Waals surface area contributed by atoms with E-state index in [1.807, 2.05) is 42.5 Å². The molecule has 96 valence electrons. The van der Waals surface area contributed by atoms with Crippen molar-refractivity contribution in [1.82, 2.24) is 4.98 Å². The monoisotopic (exact) mass is 261 g/mol. The molecule has 4 rings (SSSR count). The third kappa shape index (κ3) is 1.40. The molecule has 3 heteroatoms. The standard InChI is InChI=1S/C17H11NO2/c19-14-9-10-5-1-2-6-11(10)17(20)15-12-7-3-4-8-13(12)18-16(14)15/h1-8,18H,9H2. The van der Waals surface area contributed by atoms with Gasteiger partial charge in [0.2, 0.25) is 0 Å². The van der Waals surface area contributed by atoms with Crippen LogP contribution in [0.15, 0.2) is 48.5 Å². The first kappa shape index (κ1) is 11.2. The molecule has 2 aromatic carbocycles. The molecule has 0 fully saturated rings. The van der Waals surface area contributed by atoms with Gasteiger partial charge < -0.3 is 4.98 Å². The highest BCUT2D eigenvalue weighted by Crippen LogP contribution is 2.30. The van der Waals surface area contributed by atoms with Gasteiger partial charge in [0.1, 0.15) is 0 Å². The van der Waals surface area contributed by atoms with Crippen LogP contribution in [0.3, 0.4) is 0 Å². The van der Waals surface area contributed by atoms with Crippen molar-refractivity contribution in [2.45, 2.75) is 6.42 Å². The molecule has 1 N–H and O–H groups in total. The Morgan fingerprint density at radius 3 is 2.55 bits per heavy atom. The smallest absolute Gasteiger partial charge is 0.196 e. The minimum atomic E-state index is -0.0705. The van der Waals surface area contributed by atoms with Gasteiger partial charge in [0.15, 0.2) is 11.6 Å². The normalized spacial score (nSPS) is 14.0. The zero-order valence-corrected chi connectivity index (χ0v) is 10.6. The molecule has 3 aromatic rings. The van der Waals surface area contributed by atoms with Crippen LogP contribution < -0.4 is 0 Å². The predicted octanol–water partition coefficient (Wildman–Crippen LogP) is 3.14. The van der Waals surface area contributed by atoms with Gasteiger partial charge in [-0.25, -0.2) is 0 Å². The highest BCUT2D eigenvalue weighted by atomic mass is 16.1. The fourth-order valence-electron chi connectivity index (χ4n) is 2.88. The Morgan fingerprint density at radius 1 is 0.900 bits per heavy atom. The Labute approximate surface area is 115 Å². The van der Waals surface area contributed by atoms with Crippen molar-refractivity contribution in [2.24, 2.45) is 0 Å². The van der Waals surface area contributed by atoms with E-state index in [0.717, 1.165) is 16.5 Å². The first-order valence-corrected chi connectivity index (χ1v) is 6.52. The number of benzene rings is 2. The fourth-order valence-corrected chi connectivity index (χ4v) is 2.88.